The molecule has 122 valence electrons. The highest BCUT2D eigenvalue weighted by Gasteiger charge is 2.32. The van der Waals surface area contributed by atoms with Gasteiger partial charge in [-0.2, -0.15) is 0 Å². The summed E-state index contributed by atoms with van der Waals surface area (Å²) in [5.74, 6) is 0.193. The van der Waals surface area contributed by atoms with Gasteiger partial charge in [-0.15, -0.1) is 12.4 Å². The summed E-state index contributed by atoms with van der Waals surface area (Å²) in [7, 11) is 0. The number of carbonyl (C=O) groups is 2. The Morgan fingerprint density at radius 2 is 1.90 bits per heavy atom. The van der Waals surface area contributed by atoms with Gasteiger partial charge in [-0.05, 0) is 51.6 Å². The summed E-state index contributed by atoms with van der Waals surface area (Å²) < 4.78 is 0. The number of likely N-dealkylation sites (tertiary alicyclic amines) is 1. The predicted molar refractivity (Wildman–Crippen MR) is 85.5 cm³/mol. The summed E-state index contributed by atoms with van der Waals surface area (Å²) in [5.41, 5.74) is 0. The lowest BCUT2D eigenvalue weighted by molar-refractivity contribution is -0.142. The van der Waals surface area contributed by atoms with Crippen molar-refractivity contribution in [3.05, 3.63) is 0 Å². The number of nitrogens with zero attached hydrogens (tertiary/aromatic N) is 1. The van der Waals surface area contributed by atoms with E-state index in [4.69, 9.17) is 0 Å². The second-order valence-corrected chi connectivity index (χ2v) is 5.88. The zero-order valence-corrected chi connectivity index (χ0v) is 13.7. The second-order valence-electron chi connectivity index (χ2n) is 5.88. The molecular formula is C15H28ClN3O2. The van der Waals surface area contributed by atoms with E-state index < -0.39 is 0 Å². The van der Waals surface area contributed by atoms with Gasteiger partial charge in [-0.25, -0.2) is 0 Å². The lowest BCUT2D eigenvalue weighted by atomic mass is 9.99. The van der Waals surface area contributed by atoms with E-state index in [1.54, 1.807) is 0 Å². The number of halogens is 1. The molecule has 0 aromatic heterocycles. The first-order valence-corrected chi connectivity index (χ1v) is 8.03. The molecule has 2 fully saturated rings. The Morgan fingerprint density at radius 1 is 1.19 bits per heavy atom. The molecular weight excluding hydrogens is 290 g/mol. The number of rotatable bonds is 4. The fourth-order valence-corrected chi connectivity index (χ4v) is 3.12. The average Bonchev–Trinajstić information content (AvgIpc) is 2.48. The third-order valence-corrected chi connectivity index (χ3v) is 4.28. The van der Waals surface area contributed by atoms with Crippen LogP contribution in [-0.2, 0) is 9.59 Å². The van der Waals surface area contributed by atoms with Crippen LogP contribution < -0.4 is 10.6 Å². The molecule has 0 bridgehead atoms. The summed E-state index contributed by atoms with van der Waals surface area (Å²) >= 11 is 0. The highest BCUT2D eigenvalue weighted by molar-refractivity contribution is 5.88. The fourth-order valence-electron chi connectivity index (χ4n) is 3.12. The Bertz CT molecular complexity index is 346. The molecule has 0 spiro atoms. The third kappa shape index (κ3) is 5.15. The van der Waals surface area contributed by atoms with E-state index in [9.17, 15) is 9.59 Å². The van der Waals surface area contributed by atoms with Crippen LogP contribution in [0, 0.1) is 0 Å². The Hall–Kier alpha value is -0.810. The highest BCUT2D eigenvalue weighted by Crippen LogP contribution is 2.19. The van der Waals surface area contributed by atoms with Gasteiger partial charge in [0.05, 0.1) is 0 Å². The number of hydrogen-bond donors (Lipinski definition) is 2. The van der Waals surface area contributed by atoms with Crippen LogP contribution in [0.15, 0.2) is 0 Å². The molecule has 21 heavy (non-hydrogen) atoms. The van der Waals surface area contributed by atoms with E-state index in [2.05, 4.69) is 10.6 Å². The van der Waals surface area contributed by atoms with Crippen LogP contribution in [0.2, 0.25) is 0 Å². The summed E-state index contributed by atoms with van der Waals surface area (Å²) in [4.78, 5) is 26.4. The van der Waals surface area contributed by atoms with Crippen LogP contribution in [0.5, 0.6) is 0 Å². The van der Waals surface area contributed by atoms with Gasteiger partial charge < -0.3 is 15.5 Å². The first-order chi connectivity index (χ1) is 9.72. The lowest BCUT2D eigenvalue weighted by Crippen LogP contribution is -2.54. The van der Waals surface area contributed by atoms with Gasteiger partial charge in [0.2, 0.25) is 11.8 Å². The van der Waals surface area contributed by atoms with Crippen LogP contribution in [0.1, 0.15) is 51.9 Å². The molecule has 1 unspecified atom stereocenters. The molecule has 0 saturated carbocycles. The number of carbonyl (C=O) groups excluding carboxylic acids is 2. The van der Waals surface area contributed by atoms with E-state index in [1.165, 1.54) is 0 Å². The molecule has 2 heterocycles. The number of hydrogen-bond acceptors (Lipinski definition) is 3. The third-order valence-electron chi connectivity index (χ3n) is 4.28. The predicted octanol–water partition coefficient (Wildman–Crippen LogP) is 1.46. The minimum atomic E-state index is -0.238. The van der Waals surface area contributed by atoms with E-state index in [0.717, 1.165) is 58.2 Å². The van der Waals surface area contributed by atoms with Crippen molar-refractivity contribution >= 4 is 24.2 Å². The van der Waals surface area contributed by atoms with E-state index in [-0.39, 0.29) is 36.3 Å². The van der Waals surface area contributed by atoms with Crippen LogP contribution in [0.4, 0.5) is 0 Å². The summed E-state index contributed by atoms with van der Waals surface area (Å²) in [5, 5.41) is 6.44. The highest BCUT2D eigenvalue weighted by atomic mass is 35.5. The fraction of sp³-hybridized carbons (Fsp3) is 0.867. The summed E-state index contributed by atoms with van der Waals surface area (Å²) in [6, 6.07) is 0.0338. The van der Waals surface area contributed by atoms with Crippen LogP contribution in [-0.4, -0.2) is 48.4 Å². The van der Waals surface area contributed by atoms with E-state index in [1.807, 2.05) is 11.8 Å². The topological polar surface area (TPSA) is 61.4 Å². The number of piperidine rings is 2. The van der Waals surface area contributed by atoms with Crippen molar-refractivity contribution in [1.82, 2.24) is 15.5 Å². The Kier molecular flexibility index (Phi) is 8.04. The van der Waals surface area contributed by atoms with Gasteiger partial charge >= 0.3 is 0 Å². The van der Waals surface area contributed by atoms with Crippen molar-refractivity contribution < 1.29 is 9.59 Å². The second kappa shape index (κ2) is 9.26. The quantitative estimate of drug-likeness (QED) is 0.825. The van der Waals surface area contributed by atoms with E-state index in [0.29, 0.717) is 6.42 Å². The molecule has 0 aliphatic carbocycles. The van der Waals surface area contributed by atoms with Crippen LogP contribution in [0.25, 0.3) is 0 Å². The molecule has 2 amide bonds. The molecule has 0 aromatic carbocycles. The molecule has 2 saturated heterocycles. The average molecular weight is 318 g/mol. The molecule has 2 rings (SSSR count). The Morgan fingerprint density at radius 3 is 2.57 bits per heavy atom. The maximum absolute atomic E-state index is 12.5. The monoisotopic (exact) mass is 317 g/mol. The normalized spacial score (nSPS) is 23.3. The SMILES string of the molecule is CCCC(=O)N1CCCCC1C(=O)NC1CCNCC1.Cl. The van der Waals surface area contributed by atoms with Crippen molar-refractivity contribution in [2.45, 2.75) is 64.0 Å². The number of amides is 2. The molecule has 2 aliphatic rings. The van der Waals surface area contributed by atoms with Crippen molar-refractivity contribution in [2.75, 3.05) is 19.6 Å². The minimum absolute atomic E-state index is 0. The largest absolute Gasteiger partial charge is 0.351 e. The van der Waals surface area contributed by atoms with Gasteiger partial charge in [0.1, 0.15) is 6.04 Å². The van der Waals surface area contributed by atoms with Crippen molar-refractivity contribution in [3.8, 4) is 0 Å². The zero-order chi connectivity index (χ0) is 14.4. The van der Waals surface area contributed by atoms with Gasteiger partial charge in [-0.1, -0.05) is 6.92 Å². The zero-order valence-electron chi connectivity index (χ0n) is 12.9. The first kappa shape index (κ1) is 18.2. The molecule has 2 aliphatic heterocycles. The molecule has 1 atom stereocenters. The first-order valence-electron chi connectivity index (χ1n) is 8.03. The molecule has 2 N–H and O–H groups in total. The van der Waals surface area contributed by atoms with Crippen molar-refractivity contribution in [3.63, 3.8) is 0 Å². The van der Waals surface area contributed by atoms with Crippen molar-refractivity contribution in [2.24, 2.45) is 0 Å². The van der Waals surface area contributed by atoms with Gasteiger partial charge in [0.25, 0.3) is 0 Å². The summed E-state index contributed by atoms with van der Waals surface area (Å²) in [6.07, 6.45) is 6.25. The molecule has 0 radical (unpaired) electrons. The number of nitrogens with one attached hydrogen (secondary N) is 2. The smallest absolute Gasteiger partial charge is 0.243 e. The Balaban J connectivity index is 0.00000220. The molecule has 5 nitrogen and oxygen atoms in total. The Labute approximate surface area is 133 Å². The summed E-state index contributed by atoms with van der Waals surface area (Å²) in [6.45, 7) is 4.68. The van der Waals surface area contributed by atoms with Gasteiger partial charge in [-0.3, -0.25) is 9.59 Å². The van der Waals surface area contributed by atoms with Crippen LogP contribution >= 0.6 is 12.4 Å². The lowest BCUT2D eigenvalue weighted by Gasteiger charge is -2.36. The minimum Gasteiger partial charge on any atom is -0.351 e. The van der Waals surface area contributed by atoms with Gasteiger partial charge in [0.15, 0.2) is 0 Å². The van der Waals surface area contributed by atoms with Crippen molar-refractivity contribution in [1.29, 1.82) is 0 Å². The standard InChI is InChI=1S/C15H27N3O2.ClH/c1-2-5-14(19)18-11-4-3-6-13(18)15(20)17-12-7-9-16-10-8-12;/h12-13,16H,2-11H2,1H3,(H,17,20);1H. The van der Waals surface area contributed by atoms with Gasteiger partial charge in [0, 0.05) is 19.0 Å². The maximum Gasteiger partial charge on any atom is 0.243 e. The van der Waals surface area contributed by atoms with Crippen LogP contribution in [0.3, 0.4) is 0 Å². The molecule has 0 aromatic rings. The van der Waals surface area contributed by atoms with E-state index >= 15 is 0 Å². The molecule has 6 heteroatoms. The maximum atomic E-state index is 12.5.